The first-order valence-corrected chi connectivity index (χ1v) is 7.95. The SMILES string of the molecule is C[C@H]1CN(C(=O)CSc2nnc(CN(C)C)o2)C[C@H](C)O1. The lowest BCUT2D eigenvalue weighted by Crippen LogP contribution is -2.48. The van der Waals surface area contributed by atoms with Crippen molar-refractivity contribution >= 4 is 17.7 Å². The maximum Gasteiger partial charge on any atom is 0.277 e. The molecular formula is C13H22N4O3S. The van der Waals surface area contributed by atoms with E-state index in [0.717, 1.165) is 0 Å². The molecule has 118 valence electrons. The van der Waals surface area contributed by atoms with Crippen molar-refractivity contribution in [3.05, 3.63) is 5.89 Å². The smallest absolute Gasteiger partial charge is 0.277 e. The van der Waals surface area contributed by atoms with E-state index in [1.807, 2.05) is 37.7 Å². The highest BCUT2D eigenvalue weighted by molar-refractivity contribution is 7.99. The first-order valence-electron chi connectivity index (χ1n) is 6.97. The molecule has 1 aromatic rings. The molecule has 1 aliphatic rings. The van der Waals surface area contributed by atoms with E-state index in [0.29, 0.717) is 36.5 Å². The van der Waals surface area contributed by atoms with E-state index < -0.39 is 0 Å². The lowest BCUT2D eigenvalue weighted by molar-refractivity contribution is -0.140. The molecule has 0 bridgehead atoms. The van der Waals surface area contributed by atoms with Crippen molar-refractivity contribution in [2.45, 2.75) is 37.8 Å². The predicted octanol–water partition coefficient (Wildman–Crippen LogP) is 0.859. The summed E-state index contributed by atoms with van der Waals surface area (Å²) in [7, 11) is 3.86. The zero-order valence-corrected chi connectivity index (χ0v) is 13.7. The molecule has 0 unspecified atom stereocenters. The van der Waals surface area contributed by atoms with Crippen LogP contribution in [0, 0.1) is 0 Å². The Labute approximate surface area is 129 Å². The third kappa shape index (κ3) is 4.98. The van der Waals surface area contributed by atoms with Gasteiger partial charge in [-0.25, -0.2) is 0 Å². The summed E-state index contributed by atoms with van der Waals surface area (Å²) in [4.78, 5) is 16.0. The van der Waals surface area contributed by atoms with E-state index in [4.69, 9.17) is 9.15 Å². The fraction of sp³-hybridized carbons (Fsp3) is 0.769. The van der Waals surface area contributed by atoms with E-state index in [2.05, 4.69) is 10.2 Å². The summed E-state index contributed by atoms with van der Waals surface area (Å²) in [6.07, 6.45) is 0.163. The van der Waals surface area contributed by atoms with Crippen LogP contribution in [0.5, 0.6) is 0 Å². The van der Waals surface area contributed by atoms with Crippen LogP contribution in [0.1, 0.15) is 19.7 Å². The zero-order valence-electron chi connectivity index (χ0n) is 12.9. The Bertz CT molecular complexity index is 470. The Kier molecular flexibility index (Phi) is 5.60. The molecule has 2 rings (SSSR count). The van der Waals surface area contributed by atoms with Crippen LogP contribution in [0.15, 0.2) is 9.64 Å². The standard InChI is InChI=1S/C13H22N4O3S/c1-9-5-17(6-10(2)19-9)12(18)8-21-13-15-14-11(20-13)7-16(3)4/h9-10H,5-8H2,1-4H3/t9-,10-/m0/s1. The van der Waals surface area contributed by atoms with E-state index in [1.54, 1.807) is 0 Å². The Morgan fingerprint density at radius 3 is 2.62 bits per heavy atom. The van der Waals surface area contributed by atoms with E-state index >= 15 is 0 Å². The molecule has 0 radical (unpaired) electrons. The highest BCUT2D eigenvalue weighted by atomic mass is 32.2. The van der Waals surface area contributed by atoms with Gasteiger partial charge in [0.05, 0.1) is 24.5 Å². The molecule has 2 atom stereocenters. The number of ether oxygens (including phenoxy) is 1. The average molecular weight is 314 g/mol. The average Bonchev–Trinajstić information content (AvgIpc) is 2.81. The summed E-state index contributed by atoms with van der Waals surface area (Å²) in [6.45, 7) is 5.84. The van der Waals surface area contributed by atoms with Crippen molar-refractivity contribution < 1.29 is 13.9 Å². The van der Waals surface area contributed by atoms with Gasteiger partial charge in [-0.1, -0.05) is 11.8 Å². The molecule has 8 heteroatoms. The fourth-order valence-electron chi connectivity index (χ4n) is 2.23. The molecule has 1 aromatic heterocycles. The number of hydrogen-bond acceptors (Lipinski definition) is 7. The fourth-order valence-corrected chi connectivity index (χ4v) is 2.91. The van der Waals surface area contributed by atoms with Crippen LogP contribution in [-0.4, -0.2) is 71.1 Å². The van der Waals surface area contributed by atoms with Crippen molar-refractivity contribution in [1.82, 2.24) is 20.0 Å². The van der Waals surface area contributed by atoms with E-state index in [9.17, 15) is 4.79 Å². The number of thioether (sulfide) groups is 1. The first kappa shape index (κ1) is 16.3. The first-order chi connectivity index (χ1) is 9.94. The van der Waals surface area contributed by atoms with Crippen molar-refractivity contribution in [3.63, 3.8) is 0 Å². The molecular weight excluding hydrogens is 292 g/mol. The predicted molar refractivity (Wildman–Crippen MR) is 79.0 cm³/mol. The summed E-state index contributed by atoms with van der Waals surface area (Å²) in [5.41, 5.74) is 0. The molecule has 0 N–H and O–H groups in total. The quantitative estimate of drug-likeness (QED) is 0.746. The number of amides is 1. The van der Waals surface area contributed by atoms with Gasteiger partial charge in [-0.2, -0.15) is 0 Å². The number of carbonyl (C=O) groups excluding carboxylic acids is 1. The van der Waals surface area contributed by atoms with Gasteiger partial charge in [-0.05, 0) is 27.9 Å². The topological polar surface area (TPSA) is 71.7 Å². The van der Waals surface area contributed by atoms with Gasteiger partial charge in [0.25, 0.3) is 5.22 Å². The molecule has 1 saturated heterocycles. The summed E-state index contributed by atoms with van der Waals surface area (Å²) in [6, 6.07) is 0. The third-order valence-corrected chi connectivity index (χ3v) is 3.79. The van der Waals surface area contributed by atoms with Crippen LogP contribution >= 0.6 is 11.8 Å². The number of hydrogen-bond donors (Lipinski definition) is 0. The normalized spacial score (nSPS) is 22.8. The molecule has 1 amide bonds. The minimum atomic E-state index is 0.0781. The van der Waals surface area contributed by atoms with Crippen LogP contribution < -0.4 is 0 Å². The van der Waals surface area contributed by atoms with Gasteiger partial charge in [-0.15, -0.1) is 10.2 Å². The summed E-state index contributed by atoms with van der Waals surface area (Å²) >= 11 is 1.28. The number of aromatic nitrogens is 2. The summed E-state index contributed by atoms with van der Waals surface area (Å²) in [5.74, 6) is 0.946. The minimum absolute atomic E-state index is 0.0781. The van der Waals surface area contributed by atoms with Gasteiger partial charge in [-0.3, -0.25) is 4.79 Å². The molecule has 1 aliphatic heterocycles. The van der Waals surface area contributed by atoms with Crippen molar-refractivity contribution in [3.8, 4) is 0 Å². The molecule has 0 aromatic carbocycles. The highest BCUT2D eigenvalue weighted by Gasteiger charge is 2.26. The van der Waals surface area contributed by atoms with E-state index in [1.165, 1.54) is 11.8 Å². The number of morpholine rings is 1. The largest absolute Gasteiger partial charge is 0.415 e. The van der Waals surface area contributed by atoms with Gasteiger partial charge in [0.1, 0.15) is 0 Å². The van der Waals surface area contributed by atoms with E-state index in [-0.39, 0.29) is 18.1 Å². The molecule has 0 saturated carbocycles. The number of carbonyl (C=O) groups is 1. The lowest BCUT2D eigenvalue weighted by Gasteiger charge is -2.35. The molecule has 1 fully saturated rings. The van der Waals surface area contributed by atoms with Crippen LogP contribution in [0.4, 0.5) is 0 Å². The highest BCUT2D eigenvalue weighted by Crippen LogP contribution is 2.18. The second-order valence-electron chi connectivity index (χ2n) is 5.54. The maximum absolute atomic E-state index is 12.2. The van der Waals surface area contributed by atoms with Crippen molar-refractivity contribution in [1.29, 1.82) is 0 Å². The minimum Gasteiger partial charge on any atom is -0.415 e. The van der Waals surface area contributed by atoms with Gasteiger partial charge >= 0.3 is 0 Å². The van der Waals surface area contributed by atoms with Crippen molar-refractivity contribution in [2.24, 2.45) is 0 Å². The van der Waals surface area contributed by atoms with Crippen LogP contribution in [-0.2, 0) is 16.1 Å². The molecule has 0 spiro atoms. The summed E-state index contributed by atoms with van der Waals surface area (Å²) in [5, 5.41) is 8.33. The second kappa shape index (κ2) is 7.24. The number of nitrogens with zero attached hydrogens (tertiary/aromatic N) is 4. The van der Waals surface area contributed by atoms with Crippen LogP contribution in [0.3, 0.4) is 0 Å². The Morgan fingerprint density at radius 1 is 1.33 bits per heavy atom. The summed E-state index contributed by atoms with van der Waals surface area (Å²) < 4.78 is 11.1. The van der Waals surface area contributed by atoms with Gasteiger partial charge in [0, 0.05) is 13.1 Å². The Morgan fingerprint density at radius 2 is 2.00 bits per heavy atom. The van der Waals surface area contributed by atoms with Crippen LogP contribution in [0.2, 0.25) is 0 Å². The monoisotopic (exact) mass is 314 g/mol. The van der Waals surface area contributed by atoms with Gasteiger partial charge in [0.15, 0.2) is 0 Å². The Hall–Kier alpha value is -1.12. The van der Waals surface area contributed by atoms with Crippen LogP contribution in [0.25, 0.3) is 0 Å². The van der Waals surface area contributed by atoms with Gasteiger partial charge in [0.2, 0.25) is 11.8 Å². The van der Waals surface area contributed by atoms with Gasteiger partial charge < -0.3 is 19.0 Å². The molecule has 7 nitrogen and oxygen atoms in total. The molecule has 0 aliphatic carbocycles. The van der Waals surface area contributed by atoms with Crippen molar-refractivity contribution in [2.75, 3.05) is 32.9 Å². The Balaban J connectivity index is 1.82. The third-order valence-electron chi connectivity index (χ3n) is 2.99. The molecule has 21 heavy (non-hydrogen) atoms. The lowest BCUT2D eigenvalue weighted by atomic mass is 10.2. The maximum atomic E-state index is 12.2. The number of rotatable bonds is 5. The second-order valence-corrected chi connectivity index (χ2v) is 6.47. The zero-order chi connectivity index (χ0) is 15.4. The molecule has 2 heterocycles.